The minimum Gasteiger partial charge on any atom is -0.467 e. The van der Waals surface area contributed by atoms with Crippen LogP contribution >= 0.6 is 23.4 Å². The zero-order valence-corrected chi connectivity index (χ0v) is 12.0. The molecular weight excluding hydrogens is 270 g/mol. The first-order chi connectivity index (χ1) is 8.70. The van der Waals surface area contributed by atoms with Gasteiger partial charge in [-0.2, -0.15) is 11.8 Å². The molecule has 18 heavy (non-hydrogen) atoms. The van der Waals surface area contributed by atoms with Crippen molar-refractivity contribution in [1.82, 2.24) is 0 Å². The van der Waals surface area contributed by atoms with Gasteiger partial charge in [0, 0.05) is 33.7 Å². The molecule has 0 saturated carbocycles. The maximum absolute atomic E-state index is 6.11. The van der Waals surface area contributed by atoms with Gasteiger partial charge in [0.15, 0.2) is 6.79 Å². The largest absolute Gasteiger partial charge is 0.467 e. The van der Waals surface area contributed by atoms with Crippen LogP contribution in [0.25, 0.3) is 0 Å². The Hall–Kier alpha value is -0.420. The molecule has 1 aliphatic rings. The Labute approximate surface area is 117 Å². The van der Waals surface area contributed by atoms with Crippen molar-refractivity contribution < 1.29 is 9.47 Å². The summed E-state index contributed by atoms with van der Waals surface area (Å²) in [5, 5.41) is 0.734. The van der Waals surface area contributed by atoms with Gasteiger partial charge < -0.3 is 15.2 Å². The Morgan fingerprint density at radius 2 is 2.33 bits per heavy atom. The number of thioether (sulfide) groups is 1. The molecule has 2 N–H and O–H groups in total. The first kappa shape index (κ1) is 14.0. The van der Waals surface area contributed by atoms with Crippen molar-refractivity contribution in [3.63, 3.8) is 0 Å². The number of nitrogens with two attached hydrogens (primary N) is 1. The van der Waals surface area contributed by atoms with E-state index >= 15 is 0 Å². The van der Waals surface area contributed by atoms with Gasteiger partial charge in [-0.1, -0.05) is 18.5 Å². The molecule has 1 aromatic carbocycles. The molecule has 0 aromatic heterocycles. The van der Waals surface area contributed by atoms with Crippen molar-refractivity contribution in [3.05, 3.63) is 28.3 Å². The number of hydrogen-bond donors (Lipinski definition) is 1. The lowest BCUT2D eigenvalue weighted by Gasteiger charge is -2.21. The maximum atomic E-state index is 6.11. The van der Waals surface area contributed by atoms with Gasteiger partial charge in [0.2, 0.25) is 0 Å². The standard InChI is InChI=1S/C13H18ClNO2S/c1-2-12(15)7-18-6-10-4-11(14)3-9-5-16-8-17-13(9)10/h3-4,12H,2,5-8,15H2,1H3. The van der Waals surface area contributed by atoms with Crippen molar-refractivity contribution >= 4 is 23.4 Å². The first-order valence-electron chi connectivity index (χ1n) is 6.06. The van der Waals surface area contributed by atoms with E-state index in [-0.39, 0.29) is 6.04 Å². The Kier molecular flexibility index (Phi) is 5.18. The first-order valence-corrected chi connectivity index (χ1v) is 7.59. The lowest BCUT2D eigenvalue weighted by atomic mass is 10.1. The quantitative estimate of drug-likeness (QED) is 0.903. The zero-order chi connectivity index (χ0) is 13.0. The zero-order valence-electron chi connectivity index (χ0n) is 10.4. The van der Waals surface area contributed by atoms with E-state index in [9.17, 15) is 0 Å². The summed E-state index contributed by atoms with van der Waals surface area (Å²) in [5.74, 6) is 2.76. The fourth-order valence-electron chi connectivity index (χ4n) is 1.80. The van der Waals surface area contributed by atoms with E-state index < -0.39 is 0 Å². The molecular formula is C13H18ClNO2S. The van der Waals surface area contributed by atoms with Crippen molar-refractivity contribution in [2.45, 2.75) is 31.7 Å². The lowest BCUT2D eigenvalue weighted by Crippen LogP contribution is -2.21. The van der Waals surface area contributed by atoms with E-state index in [1.54, 1.807) is 0 Å². The molecule has 0 aliphatic carbocycles. The third-order valence-corrected chi connectivity index (χ3v) is 4.26. The molecule has 3 nitrogen and oxygen atoms in total. The highest BCUT2D eigenvalue weighted by atomic mass is 35.5. The highest BCUT2D eigenvalue weighted by molar-refractivity contribution is 7.98. The third-order valence-electron chi connectivity index (χ3n) is 2.87. The van der Waals surface area contributed by atoms with Crippen molar-refractivity contribution in [3.8, 4) is 5.75 Å². The number of ether oxygens (including phenoxy) is 2. The number of hydrogen-bond acceptors (Lipinski definition) is 4. The van der Waals surface area contributed by atoms with Gasteiger partial charge in [0.05, 0.1) is 6.61 Å². The average Bonchev–Trinajstić information content (AvgIpc) is 2.38. The number of benzene rings is 1. The normalized spacial score (nSPS) is 15.9. The van der Waals surface area contributed by atoms with Crippen molar-refractivity contribution in [2.75, 3.05) is 12.5 Å². The summed E-state index contributed by atoms with van der Waals surface area (Å²) >= 11 is 7.92. The molecule has 100 valence electrons. The van der Waals surface area contributed by atoms with Crippen LogP contribution in [0.4, 0.5) is 0 Å². The van der Waals surface area contributed by atoms with Crippen LogP contribution in [0.2, 0.25) is 5.02 Å². The van der Waals surface area contributed by atoms with E-state index in [0.29, 0.717) is 13.4 Å². The van der Waals surface area contributed by atoms with Gasteiger partial charge in [0.25, 0.3) is 0 Å². The molecule has 0 spiro atoms. The minimum atomic E-state index is 0.259. The monoisotopic (exact) mass is 287 g/mol. The van der Waals surface area contributed by atoms with E-state index in [1.165, 1.54) is 0 Å². The van der Waals surface area contributed by atoms with Gasteiger partial charge in [0.1, 0.15) is 5.75 Å². The summed E-state index contributed by atoms with van der Waals surface area (Å²) in [5.41, 5.74) is 8.07. The second-order valence-electron chi connectivity index (χ2n) is 4.35. The van der Waals surface area contributed by atoms with Crippen LogP contribution < -0.4 is 10.5 Å². The molecule has 0 bridgehead atoms. The molecule has 0 saturated heterocycles. The molecule has 1 aliphatic heterocycles. The molecule has 1 atom stereocenters. The highest BCUT2D eigenvalue weighted by Crippen LogP contribution is 2.33. The van der Waals surface area contributed by atoms with Crippen LogP contribution in [0, 0.1) is 0 Å². The topological polar surface area (TPSA) is 44.5 Å². The number of halogens is 1. The second kappa shape index (κ2) is 6.66. The minimum absolute atomic E-state index is 0.259. The fourth-order valence-corrected chi connectivity index (χ4v) is 3.16. The van der Waals surface area contributed by atoms with Crippen LogP contribution in [0.15, 0.2) is 12.1 Å². The molecule has 5 heteroatoms. The maximum Gasteiger partial charge on any atom is 0.189 e. The average molecular weight is 288 g/mol. The van der Waals surface area contributed by atoms with Crippen LogP contribution in [0.3, 0.4) is 0 Å². The Morgan fingerprint density at radius 3 is 3.11 bits per heavy atom. The van der Waals surface area contributed by atoms with Crippen LogP contribution in [0.5, 0.6) is 5.75 Å². The lowest BCUT2D eigenvalue weighted by molar-refractivity contribution is -0.0168. The van der Waals surface area contributed by atoms with Crippen LogP contribution in [-0.2, 0) is 17.1 Å². The SMILES string of the molecule is CCC(N)CSCc1cc(Cl)cc2c1OCOC2. The van der Waals surface area contributed by atoms with Crippen LogP contribution in [0.1, 0.15) is 24.5 Å². The molecule has 2 rings (SSSR count). The van der Waals surface area contributed by atoms with Crippen LogP contribution in [-0.4, -0.2) is 18.6 Å². The molecule has 1 unspecified atom stereocenters. The molecule has 1 heterocycles. The number of fused-ring (bicyclic) bond motifs is 1. The van der Waals surface area contributed by atoms with E-state index in [0.717, 1.165) is 39.8 Å². The van der Waals surface area contributed by atoms with E-state index in [2.05, 4.69) is 6.92 Å². The predicted octanol–water partition coefficient (Wildman–Crippen LogP) is 3.18. The summed E-state index contributed by atoms with van der Waals surface area (Å²) < 4.78 is 10.8. The van der Waals surface area contributed by atoms with Gasteiger partial charge in [-0.3, -0.25) is 0 Å². The van der Waals surface area contributed by atoms with Gasteiger partial charge in [-0.25, -0.2) is 0 Å². The van der Waals surface area contributed by atoms with E-state index in [1.807, 2.05) is 23.9 Å². The summed E-state index contributed by atoms with van der Waals surface area (Å²) in [4.78, 5) is 0. The van der Waals surface area contributed by atoms with E-state index in [4.69, 9.17) is 26.8 Å². The Balaban J connectivity index is 2.05. The smallest absolute Gasteiger partial charge is 0.189 e. The summed E-state index contributed by atoms with van der Waals surface area (Å²) in [6.07, 6.45) is 1.00. The Bertz CT molecular complexity index is 414. The van der Waals surface area contributed by atoms with Gasteiger partial charge in [-0.15, -0.1) is 0 Å². The third kappa shape index (κ3) is 3.54. The molecule has 0 radical (unpaired) electrons. The van der Waals surface area contributed by atoms with Gasteiger partial charge >= 0.3 is 0 Å². The Morgan fingerprint density at radius 1 is 1.50 bits per heavy atom. The summed E-state index contributed by atoms with van der Waals surface area (Å²) in [6.45, 7) is 3.00. The number of rotatable bonds is 5. The highest BCUT2D eigenvalue weighted by Gasteiger charge is 2.16. The second-order valence-corrected chi connectivity index (χ2v) is 5.81. The molecule has 0 fully saturated rings. The predicted molar refractivity (Wildman–Crippen MR) is 76.2 cm³/mol. The summed E-state index contributed by atoms with van der Waals surface area (Å²) in [7, 11) is 0. The molecule has 1 aromatic rings. The van der Waals surface area contributed by atoms with Crippen molar-refractivity contribution in [2.24, 2.45) is 5.73 Å². The van der Waals surface area contributed by atoms with Gasteiger partial charge in [-0.05, 0) is 18.6 Å². The van der Waals surface area contributed by atoms with Crippen molar-refractivity contribution in [1.29, 1.82) is 0 Å². The fraction of sp³-hybridized carbons (Fsp3) is 0.538. The summed E-state index contributed by atoms with van der Waals surface area (Å²) in [6, 6.07) is 4.13. The molecule has 0 amide bonds.